The van der Waals surface area contributed by atoms with Crippen LogP contribution in [0.1, 0.15) is 11.3 Å². The molecule has 0 amide bonds. The first kappa shape index (κ1) is 11.7. The van der Waals surface area contributed by atoms with E-state index < -0.39 is 0 Å². The maximum atomic E-state index is 5.74. The molecule has 4 nitrogen and oxygen atoms in total. The fourth-order valence-corrected chi connectivity index (χ4v) is 2.13. The van der Waals surface area contributed by atoms with Crippen LogP contribution in [0, 0.1) is 0 Å². The molecule has 0 unspecified atom stereocenters. The Balaban J connectivity index is 1.82. The topological polar surface area (TPSA) is 63.9 Å². The van der Waals surface area contributed by atoms with Crippen molar-refractivity contribution in [3.8, 4) is 5.75 Å². The maximum absolute atomic E-state index is 5.74. The van der Waals surface area contributed by atoms with Gasteiger partial charge in [-0.3, -0.25) is 4.98 Å². The van der Waals surface area contributed by atoms with Crippen molar-refractivity contribution < 1.29 is 4.74 Å². The van der Waals surface area contributed by atoms with Crippen LogP contribution in [0.2, 0.25) is 0 Å². The summed E-state index contributed by atoms with van der Waals surface area (Å²) in [5.74, 6) is 0.764. The van der Waals surface area contributed by atoms with Gasteiger partial charge in [-0.05, 0) is 29.8 Å². The van der Waals surface area contributed by atoms with Crippen molar-refractivity contribution in [3.05, 3.63) is 60.0 Å². The first-order valence-electron chi connectivity index (χ1n) is 6.19. The Hall–Kier alpha value is -2.33. The normalized spacial score (nSPS) is 10.8. The molecule has 0 bridgehead atoms. The first-order valence-corrected chi connectivity index (χ1v) is 6.19. The number of benzene rings is 1. The molecule has 3 N–H and O–H groups in total. The number of hydrogen-bond donors (Lipinski definition) is 2. The molecule has 1 aromatic carbocycles. The van der Waals surface area contributed by atoms with E-state index >= 15 is 0 Å². The molecular formula is C15H15N3O. The molecule has 0 atom stereocenters. The summed E-state index contributed by atoms with van der Waals surface area (Å²) in [6, 6.07) is 11.9. The Bertz CT molecular complexity index is 676. The summed E-state index contributed by atoms with van der Waals surface area (Å²) in [4.78, 5) is 7.35. The lowest BCUT2D eigenvalue weighted by Crippen LogP contribution is -1.96. The van der Waals surface area contributed by atoms with E-state index in [0.29, 0.717) is 13.2 Å². The predicted octanol–water partition coefficient (Wildman–Crippen LogP) is 2.60. The number of aromatic amines is 1. The van der Waals surface area contributed by atoms with Gasteiger partial charge in [0.2, 0.25) is 0 Å². The minimum Gasteiger partial charge on any atom is -0.486 e. The number of nitrogens with one attached hydrogen (secondary N) is 1. The minimum absolute atomic E-state index is 0.490. The van der Waals surface area contributed by atoms with Crippen LogP contribution in [0.4, 0.5) is 0 Å². The van der Waals surface area contributed by atoms with Crippen LogP contribution in [0.5, 0.6) is 5.75 Å². The second-order valence-corrected chi connectivity index (χ2v) is 4.35. The Morgan fingerprint density at radius 3 is 2.95 bits per heavy atom. The van der Waals surface area contributed by atoms with Crippen molar-refractivity contribution in [2.75, 3.05) is 0 Å². The molecule has 0 fully saturated rings. The molecule has 4 heteroatoms. The molecule has 0 radical (unpaired) electrons. The van der Waals surface area contributed by atoms with Gasteiger partial charge in [-0.1, -0.05) is 12.1 Å². The van der Waals surface area contributed by atoms with Crippen LogP contribution >= 0.6 is 0 Å². The number of hydrogen-bond acceptors (Lipinski definition) is 3. The third-order valence-corrected chi connectivity index (χ3v) is 3.06. The molecule has 2 aromatic heterocycles. The van der Waals surface area contributed by atoms with E-state index in [0.717, 1.165) is 27.9 Å². The van der Waals surface area contributed by atoms with Gasteiger partial charge in [-0.2, -0.15) is 0 Å². The minimum atomic E-state index is 0.490. The summed E-state index contributed by atoms with van der Waals surface area (Å²) in [6.07, 6.45) is 3.43. The number of rotatable bonds is 4. The van der Waals surface area contributed by atoms with E-state index in [1.54, 1.807) is 12.4 Å². The standard InChI is InChI=1S/C15H15N3O/c16-8-11-3-1-5-15-14(11)7-12(18-15)10-19-13-4-2-6-17-9-13/h1-7,9,18H,8,10,16H2. The number of nitrogens with zero attached hydrogens (tertiary/aromatic N) is 1. The number of H-pyrrole nitrogens is 1. The molecule has 0 aliphatic rings. The molecule has 2 heterocycles. The Kier molecular flexibility index (Phi) is 3.16. The van der Waals surface area contributed by atoms with Crippen LogP contribution in [0.3, 0.4) is 0 Å². The lowest BCUT2D eigenvalue weighted by Gasteiger charge is -2.02. The highest BCUT2D eigenvalue weighted by atomic mass is 16.5. The number of fused-ring (bicyclic) bond motifs is 1. The number of nitrogens with two attached hydrogens (primary N) is 1. The van der Waals surface area contributed by atoms with Crippen LogP contribution in [0.25, 0.3) is 10.9 Å². The Morgan fingerprint density at radius 1 is 1.21 bits per heavy atom. The SMILES string of the molecule is NCc1cccc2[nH]c(COc3cccnc3)cc12. The van der Waals surface area contributed by atoms with Gasteiger partial charge in [0.25, 0.3) is 0 Å². The second-order valence-electron chi connectivity index (χ2n) is 4.35. The zero-order valence-corrected chi connectivity index (χ0v) is 10.5. The van der Waals surface area contributed by atoms with E-state index in [9.17, 15) is 0 Å². The number of pyridine rings is 1. The van der Waals surface area contributed by atoms with Gasteiger partial charge in [0, 0.05) is 23.6 Å². The smallest absolute Gasteiger partial charge is 0.138 e. The largest absolute Gasteiger partial charge is 0.486 e. The van der Waals surface area contributed by atoms with Gasteiger partial charge in [0.05, 0.1) is 11.9 Å². The molecule has 0 aliphatic heterocycles. The summed E-state index contributed by atoms with van der Waals surface area (Å²) in [6.45, 7) is 1.03. The maximum Gasteiger partial charge on any atom is 0.138 e. The van der Waals surface area contributed by atoms with E-state index in [1.807, 2.05) is 30.3 Å². The Morgan fingerprint density at radius 2 is 2.16 bits per heavy atom. The summed E-state index contributed by atoms with van der Waals surface area (Å²) in [7, 11) is 0. The van der Waals surface area contributed by atoms with Gasteiger partial charge in [0.1, 0.15) is 12.4 Å². The van der Waals surface area contributed by atoms with Crippen molar-refractivity contribution >= 4 is 10.9 Å². The zero-order chi connectivity index (χ0) is 13.1. The monoisotopic (exact) mass is 253 g/mol. The summed E-state index contributed by atoms with van der Waals surface area (Å²) in [5, 5.41) is 1.16. The van der Waals surface area contributed by atoms with E-state index in [4.69, 9.17) is 10.5 Å². The average Bonchev–Trinajstić information content (AvgIpc) is 2.89. The molecule has 0 spiro atoms. The van der Waals surface area contributed by atoms with Crippen molar-refractivity contribution in [1.29, 1.82) is 0 Å². The number of ether oxygens (including phenoxy) is 1. The highest BCUT2D eigenvalue weighted by Crippen LogP contribution is 2.20. The molecule has 3 rings (SSSR count). The van der Waals surface area contributed by atoms with Crippen molar-refractivity contribution in [1.82, 2.24) is 9.97 Å². The quantitative estimate of drug-likeness (QED) is 0.751. The lowest BCUT2D eigenvalue weighted by molar-refractivity contribution is 0.301. The molecular weight excluding hydrogens is 238 g/mol. The van der Waals surface area contributed by atoms with Crippen LogP contribution < -0.4 is 10.5 Å². The van der Waals surface area contributed by atoms with Crippen molar-refractivity contribution in [3.63, 3.8) is 0 Å². The first-order chi connectivity index (χ1) is 9.36. The van der Waals surface area contributed by atoms with Crippen molar-refractivity contribution in [2.24, 2.45) is 5.73 Å². The molecule has 0 saturated heterocycles. The van der Waals surface area contributed by atoms with E-state index in [1.165, 1.54) is 0 Å². The van der Waals surface area contributed by atoms with Crippen molar-refractivity contribution in [2.45, 2.75) is 13.2 Å². The van der Waals surface area contributed by atoms with E-state index in [2.05, 4.69) is 16.0 Å². The average molecular weight is 253 g/mol. The van der Waals surface area contributed by atoms with Crippen LogP contribution in [-0.2, 0) is 13.2 Å². The molecule has 19 heavy (non-hydrogen) atoms. The lowest BCUT2D eigenvalue weighted by atomic mass is 10.1. The van der Waals surface area contributed by atoms with Crippen LogP contribution in [-0.4, -0.2) is 9.97 Å². The van der Waals surface area contributed by atoms with E-state index in [-0.39, 0.29) is 0 Å². The van der Waals surface area contributed by atoms with Gasteiger partial charge in [-0.25, -0.2) is 0 Å². The highest BCUT2D eigenvalue weighted by molar-refractivity contribution is 5.83. The highest BCUT2D eigenvalue weighted by Gasteiger charge is 2.05. The van der Waals surface area contributed by atoms with Gasteiger partial charge < -0.3 is 15.5 Å². The molecule has 0 aliphatic carbocycles. The second kappa shape index (κ2) is 5.12. The molecule has 3 aromatic rings. The number of aromatic nitrogens is 2. The van der Waals surface area contributed by atoms with Crippen LogP contribution in [0.15, 0.2) is 48.8 Å². The third-order valence-electron chi connectivity index (χ3n) is 3.06. The fraction of sp³-hybridized carbons (Fsp3) is 0.133. The summed E-state index contributed by atoms with van der Waals surface area (Å²) < 4.78 is 5.67. The van der Waals surface area contributed by atoms with Gasteiger partial charge in [0.15, 0.2) is 0 Å². The van der Waals surface area contributed by atoms with Gasteiger partial charge >= 0.3 is 0 Å². The fourth-order valence-electron chi connectivity index (χ4n) is 2.13. The molecule has 96 valence electrons. The zero-order valence-electron chi connectivity index (χ0n) is 10.5. The molecule has 0 saturated carbocycles. The Labute approximate surface area is 111 Å². The summed E-state index contributed by atoms with van der Waals surface area (Å²) in [5.41, 5.74) is 8.99. The third kappa shape index (κ3) is 2.44. The summed E-state index contributed by atoms with van der Waals surface area (Å²) >= 11 is 0. The van der Waals surface area contributed by atoms with Gasteiger partial charge in [-0.15, -0.1) is 0 Å². The predicted molar refractivity (Wildman–Crippen MR) is 74.8 cm³/mol.